The van der Waals surface area contributed by atoms with Crippen molar-refractivity contribution in [3.05, 3.63) is 46.5 Å². The summed E-state index contributed by atoms with van der Waals surface area (Å²) in [4.78, 5) is 29.7. The summed E-state index contributed by atoms with van der Waals surface area (Å²) in [6, 6.07) is 7.23. The molecular formula is C31H45N7O2. The van der Waals surface area contributed by atoms with Gasteiger partial charge in [0, 0.05) is 44.2 Å². The van der Waals surface area contributed by atoms with E-state index in [4.69, 9.17) is 4.98 Å². The number of aromatic amines is 1. The van der Waals surface area contributed by atoms with Gasteiger partial charge in [-0.2, -0.15) is 0 Å². The van der Waals surface area contributed by atoms with Crippen molar-refractivity contribution in [3.8, 4) is 5.75 Å². The Morgan fingerprint density at radius 3 is 2.75 bits per heavy atom. The lowest BCUT2D eigenvalue weighted by atomic mass is 9.73. The zero-order valence-electron chi connectivity index (χ0n) is 24.2. The number of hydrogen-bond donors (Lipinski definition) is 4. The fourth-order valence-corrected chi connectivity index (χ4v) is 8.55. The van der Waals surface area contributed by atoms with Crippen molar-refractivity contribution < 1.29 is 9.90 Å². The summed E-state index contributed by atoms with van der Waals surface area (Å²) >= 11 is 0. The second-order valence-electron chi connectivity index (χ2n) is 13.0. The molecule has 1 saturated carbocycles. The molecule has 216 valence electrons. The van der Waals surface area contributed by atoms with Gasteiger partial charge in [0.2, 0.25) is 5.91 Å². The molecule has 7 rings (SSSR count). The van der Waals surface area contributed by atoms with E-state index in [9.17, 15) is 9.90 Å². The van der Waals surface area contributed by atoms with E-state index < -0.39 is 0 Å². The van der Waals surface area contributed by atoms with Crippen LogP contribution in [0.4, 0.5) is 0 Å². The van der Waals surface area contributed by atoms with Crippen LogP contribution in [0.5, 0.6) is 5.75 Å². The van der Waals surface area contributed by atoms with Crippen LogP contribution < -0.4 is 10.9 Å². The van der Waals surface area contributed by atoms with Gasteiger partial charge in [0.1, 0.15) is 11.6 Å². The van der Waals surface area contributed by atoms with Gasteiger partial charge in [-0.3, -0.25) is 20.0 Å². The Labute approximate surface area is 237 Å². The number of nitrogens with one attached hydrogen (secondary N) is 3. The Morgan fingerprint density at radius 2 is 2.00 bits per heavy atom. The molecule has 4 N–H and O–H groups in total. The molecule has 9 heteroatoms. The molecule has 1 amide bonds. The Bertz CT molecular complexity index is 1260. The first-order chi connectivity index (χ1) is 19.4. The molecule has 7 atom stereocenters. The van der Waals surface area contributed by atoms with Gasteiger partial charge >= 0.3 is 0 Å². The van der Waals surface area contributed by atoms with E-state index in [1.54, 1.807) is 0 Å². The highest BCUT2D eigenvalue weighted by atomic mass is 16.3. The molecule has 4 aliphatic heterocycles. The maximum Gasteiger partial charge on any atom is 0.240 e. The summed E-state index contributed by atoms with van der Waals surface area (Å²) in [5.41, 5.74) is 12.1. The molecule has 4 unspecified atom stereocenters. The van der Waals surface area contributed by atoms with E-state index in [1.165, 1.54) is 16.8 Å². The van der Waals surface area contributed by atoms with Crippen LogP contribution in [0, 0.1) is 5.92 Å². The highest BCUT2D eigenvalue weighted by Crippen LogP contribution is 2.44. The first-order valence-corrected chi connectivity index (χ1v) is 15.6. The number of amides is 1. The molecule has 5 aliphatic rings. The van der Waals surface area contributed by atoms with Crippen molar-refractivity contribution in [2.75, 3.05) is 26.7 Å². The number of likely N-dealkylation sites (N-methyl/N-ethyl adjacent to an activating group) is 1. The van der Waals surface area contributed by atoms with Crippen molar-refractivity contribution in [1.29, 1.82) is 0 Å². The summed E-state index contributed by atoms with van der Waals surface area (Å²) < 4.78 is 0. The molecule has 5 heterocycles. The lowest BCUT2D eigenvalue weighted by molar-refractivity contribution is -0.140. The Morgan fingerprint density at radius 1 is 1.12 bits per heavy atom. The van der Waals surface area contributed by atoms with Gasteiger partial charge in [0.05, 0.1) is 23.5 Å². The van der Waals surface area contributed by atoms with E-state index in [-0.39, 0.29) is 12.1 Å². The third kappa shape index (κ3) is 4.46. The van der Waals surface area contributed by atoms with Crippen LogP contribution in [0.25, 0.3) is 0 Å². The van der Waals surface area contributed by atoms with Crippen molar-refractivity contribution in [2.45, 2.75) is 101 Å². The normalized spacial score (nSPS) is 33.9. The number of piperazine rings is 1. The standard InChI is InChI=1S/C31H45N7O2/c1-4-10-37-17-27-26(14-28(37)31(40)38-16-20-13-21(38)15-36(20)3)32-30(33-27)29-24-8-6-19(12-25(24)34-35-29)23-9-7-22(39)11-18(23)5-2/h7,9,11,19-21,24-25,28-29,34-35,39H,4-6,8,10,12-17H2,1-3H3,(H,32,33)/t19?,20-,21-,24?,25?,28-,29?/m0/s1. The summed E-state index contributed by atoms with van der Waals surface area (Å²) in [7, 11) is 2.19. The highest BCUT2D eigenvalue weighted by molar-refractivity contribution is 5.83. The average Bonchev–Trinajstić information content (AvgIpc) is 3.74. The van der Waals surface area contributed by atoms with Gasteiger partial charge < -0.3 is 15.0 Å². The molecule has 1 aliphatic carbocycles. The van der Waals surface area contributed by atoms with E-state index >= 15 is 0 Å². The topological polar surface area (TPSA) is 99.8 Å². The number of aromatic nitrogens is 2. The average molecular weight is 548 g/mol. The summed E-state index contributed by atoms with van der Waals surface area (Å²) in [5.74, 6) is 2.67. The minimum atomic E-state index is -0.107. The summed E-state index contributed by atoms with van der Waals surface area (Å²) in [6.07, 6.45) is 7.16. The van der Waals surface area contributed by atoms with Crippen LogP contribution in [0.1, 0.15) is 86.3 Å². The Hall–Kier alpha value is -2.46. The highest BCUT2D eigenvalue weighted by Gasteiger charge is 2.47. The number of phenols is 1. The molecule has 40 heavy (non-hydrogen) atoms. The Balaban J connectivity index is 1.06. The van der Waals surface area contributed by atoms with Gasteiger partial charge in [0.25, 0.3) is 0 Å². The number of imidazole rings is 1. The summed E-state index contributed by atoms with van der Waals surface area (Å²) in [6.45, 7) is 7.95. The minimum absolute atomic E-state index is 0.107. The fraction of sp³-hybridized carbons (Fsp3) is 0.677. The van der Waals surface area contributed by atoms with Gasteiger partial charge in [0.15, 0.2) is 0 Å². The largest absolute Gasteiger partial charge is 0.508 e. The number of benzene rings is 1. The second kappa shape index (κ2) is 10.4. The van der Waals surface area contributed by atoms with Crippen LogP contribution in [-0.4, -0.2) is 86.5 Å². The van der Waals surface area contributed by atoms with E-state index in [1.807, 2.05) is 12.1 Å². The number of likely N-dealkylation sites (tertiary alicyclic amines) is 2. The number of rotatable bonds is 6. The number of hydrazine groups is 1. The van der Waals surface area contributed by atoms with Crippen molar-refractivity contribution in [2.24, 2.45) is 5.92 Å². The quantitative estimate of drug-likeness (QED) is 0.441. The summed E-state index contributed by atoms with van der Waals surface area (Å²) in [5, 5.41) is 9.97. The maximum absolute atomic E-state index is 13.8. The molecule has 2 aromatic rings. The van der Waals surface area contributed by atoms with Crippen LogP contribution in [-0.2, 0) is 24.2 Å². The van der Waals surface area contributed by atoms with E-state index in [0.717, 1.165) is 76.2 Å². The molecule has 4 fully saturated rings. The van der Waals surface area contributed by atoms with Crippen LogP contribution in [0.2, 0.25) is 0 Å². The van der Waals surface area contributed by atoms with Gasteiger partial charge in [-0.05, 0) is 87.2 Å². The molecule has 1 aromatic heterocycles. The maximum atomic E-state index is 13.8. The SMILES string of the molecule is CCCN1Cc2[nH]c(C3NNC4CC(c5ccc(O)cc5CC)CCC43)nc2C[C@H]1C(=O)N1C[C@@H]2C[C@H]1CN2C. The first kappa shape index (κ1) is 26.4. The lowest BCUT2D eigenvalue weighted by Crippen LogP contribution is -2.56. The van der Waals surface area contributed by atoms with Gasteiger partial charge in [-0.1, -0.05) is 19.9 Å². The third-order valence-corrected chi connectivity index (χ3v) is 10.7. The smallest absolute Gasteiger partial charge is 0.240 e. The molecule has 1 aromatic carbocycles. The van der Waals surface area contributed by atoms with Crippen LogP contribution in [0.3, 0.4) is 0 Å². The predicted molar refractivity (Wildman–Crippen MR) is 154 cm³/mol. The van der Waals surface area contributed by atoms with Crippen LogP contribution >= 0.6 is 0 Å². The van der Waals surface area contributed by atoms with E-state index in [2.05, 4.69) is 57.5 Å². The number of carbonyl (C=O) groups excluding carboxylic acids is 1. The molecule has 0 radical (unpaired) electrons. The molecule has 2 bridgehead atoms. The van der Waals surface area contributed by atoms with E-state index in [0.29, 0.717) is 48.0 Å². The number of nitrogens with zero attached hydrogens (tertiary/aromatic N) is 4. The zero-order valence-corrected chi connectivity index (χ0v) is 24.2. The third-order valence-electron chi connectivity index (χ3n) is 10.7. The fourth-order valence-electron chi connectivity index (χ4n) is 8.55. The van der Waals surface area contributed by atoms with Crippen molar-refractivity contribution in [3.63, 3.8) is 0 Å². The van der Waals surface area contributed by atoms with Gasteiger partial charge in [-0.15, -0.1) is 0 Å². The van der Waals surface area contributed by atoms with Crippen LogP contribution in [0.15, 0.2) is 18.2 Å². The second-order valence-corrected chi connectivity index (χ2v) is 13.0. The molecule has 9 nitrogen and oxygen atoms in total. The minimum Gasteiger partial charge on any atom is -0.508 e. The number of hydrogen-bond acceptors (Lipinski definition) is 7. The number of phenolic OH excluding ortho intramolecular Hbond substituents is 1. The van der Waals surface area contributed by atoms with Crippen molar-refractivity contribution in [1.82, 2.24) is 35.5 Å². The predicted octanol–water partition coefficient (Wildman–Crippen LogP) is 2.83. The monoisotopic (exact) mass is 547 g/mol. The Kier molecular flexibility index (Phi) is 6.89. The number of H-pyrrole nitrogens is 1. The number of carbonyl (C=O) groups is 1. The molecular weight excluding hydrogens is 502 g/mol. The first-order valence-electron chi connectivity index (χ1n) is 15.6. The number of aromatic hydroxyl groups is 1. The van der Waals surface area contributed by atoms with Crippen molar-refractivity contribution >= 4 is 5.91 Å². The zero-order chi connectivity index (χ0) is 27.5. The van der Waals surface area contributed by atoms with Gasteiger partial charge in [-0.25, -0.2) is 10.4 Å². The molecule has 3 saturated heterocycles. The lowest BCUT2D eigenvalue weighted by Gasteiger charge is -2.39. The number of fused-ring (bicyclic) bond motifs is 4. The number of aryl methyl sites for hydroxylation is 1. The molecule has 0 spiro atoms.